The van der Waals surface area contributed by atoms with Crippen LogP contribution >= 0.6 is 8.25 Å². The molecule has 0 bridgehead atoms. The zero-order valence-corrected chi connectivity index (χ0v) is 52.8. The van der Waals surface area contributed by atoms with E-state index in [1.165, 1.54) is 97.3 Å². The highest BCUT2D eigenvalue weighted by atomic mass is 31.1. The van der Waals surface area contributed by atoms with Gasteiger partial charge in [-0.2, -0.15) is 0 Å². The Morgan fingerprint density at radius 2 is 1.18 bits per heavy atom. The van der Waals surface area contributed by atoms with Gasteiger partial charge in [0.2, 0.25) is 23.6 Å². The van der Waals surface area contributed by atoms with Gasteiger partial charge >= 0.3 is 26.2 Å². The third kappa shape index (κ3) is 32.8. The van der Waals surface area contributed by atoms with Crippen molar-refractivity contribution in [3.8, 4) is 0 Å². The van der Waals surface area contributed by atoms with Gasteiger partial charge in [0, 0.05) is 45.7 Å². The minimum Gasteiger partial charge on any atom is -0.480 e. The van der Waals surface area contributed by atoms with E-state index in [1.54, 1.807) is 0 Å². The molecule has 4 amide bonds. The van der Waals surface area contributed by atoms with Gasteiger partial charge in [0.25, 0.3) is 0 Å². The van der Waals surface area contributed by atoms with Gasteiger partial charge in [-0.25, -0.2) is 4.79 Å². The van der Waals surface area contributed by atoms with Crippen LogP contribution in [0.2, 0.25) is 0 Å². The number of unbranched alkanes of at least 4 members (excludes halogenated alkanes) is 24. The first kappa shape index (κ1) is 79.1. The zero-order valence-electron chi connectivity index (χ0n) is 51.8. The Balaban J connectivity index is 3.47. The van der Waals surface area contributed by atoms with E-state index in [2.05, 4.69) is 24.5 Å². The van der Waals surface area contributed by atoms with Gasteiger partial charge < -0.3 is 86.6 Å². The van der Waals surface area contributed by atoms with Crippen LogP contribution in [0.25, 0.3) is 0 Å². The van der Waals surface area contributed by atoms with Crippen LogP contribution < -0.4 is 27.8 Å². The number of ether oxygens (including phenoxy) is 4. The van der Waals surface area contributed by atoms with Crippen LogP contribution in [-0.4, -0.2) is 176 Å². The Morgan fingerprint density at radius 3 is 1.58 bits per heavy atom. The Labute approximate surface area is 505 Å². The number of hydrogen-bond acceptors (Lipinski definition) is 19. The van der Waals surface area contributed by atoms with Crippen LogP contribution in [0.3, 0.4) is 0 Å². The molecule has 26 heteroatoms. The highest BCUT2D eigenvalue weighted by Gasteiger charge is 2.52. The molecule has 0 aromatic rings. The number of esters is 2. The summed E-state index contributed by atoms with van der Waals surface area (Å²) in [4.78, 5) is 105. The lowest BCUT2D eigenvalue weighted by molar-refractivity contribution is -0.268. The molecule has 1 aliphatic heterocycles. The Kier molecular flexibility index (Phi) is 43.1. The first-order valence-electron chi connectivity index (χ1n) is 31.6. The van der Waals surface area contributed by atoms with Crippen LogP contribution in [0.4, 0.5) is 0 Å². The van der Waals surface area contributed by atoms with Crippen LogP contribution in [0.5, 0.6) is 0 Å². The molecule has 1 saturated heterocycles. The number of carboxylic acids is 1. The second-order valence-electron chi connectivity index (χ2n) is 23.0. The number of carboxylic acid groups (broad SMARTS) is 1. The number of aliphatic hydroxyl groups excluding tert-OH is 4. The Bertz CT molecular complexity index is 1930. The molecule has 0 saturated carbocycles. The van der Waals surface area contributed by atoms with Crippen molar-refractivity contribution in [2.45, 2.75) is 306 Å². The van der Waals surface area contributed by atoms with Gasteiger partial charge in [-0.15, -0.1) is 0 Å². The van der Waals surface area contributed by atoms with Crippen molar-refractivity contribution >= 4 is 49.8 Å². The molecule has 0 aromatic heterocycles. The minimum absolute atomic E-state index is 0.110. The lowest BCUT2D eigenvalue weighted by atomic mass is 9.82. The van der Waals surface area contributed by atoms with Crippen LogP contribution in [0.1, 0.15) is 234 Å². The molecular weight excluding hydrogens is 1130 g/mol. The molecule has 85 heavy (non-hydrogen) atoms. The number of carbonyl (C=O) groups is 7. The van der Waals surface area contributed by atoms with Crippen LogP contribution in [-0.2, 0) is 61.6 Å². The van der Waals surface area contributed by atoms with Crippen molar-refractivity contribution in [1.29, 1.82) is 0 Å². The van der Waals surface area contributed by atoms with Crippen molar-refractivity contribution in [2.75, 3.05) is 26.3 Å². The molecule has 14 N–H and O–H groups in total. The molecule has 1 heterocycles. The Morgan fingerprint density at radius 1 is 0.718 bits per heavy atom. The third-order valence-electron chi connectivity index (χ3n) is 15.6. The summed E-state index contributed by atoms with van der Waals surface area (Å²) < 4.78 is 40.1. The van der Waals surface area contributed by atoms with Crippen molar-refractivity contribution in [3.05, 3.63) is 0 Å². The molecule has 25 nitrogen and oxygen atoms in total. The van der Waals surface area contributed by atoms with E-state index < -0.39 is 168 Å². The molecule has 1 rings (SSSR count). The predicted octanol–water partition coefficient (Wildman–Crippen LogP) is 4.98. The average Bonchev–Trinajstić information content (AvgIpc) is 2.32. The van der Waals surface area contributed by atoms with E-state index in [-0.39, 0.29) is 12.8 Å². The smallest absolute Gasteiger partial charge is 0.326 e. The van der Waals surface area contributed by atoms with E-state index in [0.29, 0.717) is 25.7 Å². The summed E-state index contributed by atoms with van der Waals surface area (Å²) in [5.74, 6) is -7.28. The summed E-state index contributed by atoms with van der Waals surface area (Å²) in [5.41, 5.74) is 16.0. The van der Waals surface area contributed by atoms with E-state index in [1.807, 2.05) is 0 Å². The number of hydrogen-bond donors (Lipinski definition) is 11. The number of nitrogens with two attached hydrogens (primary N) is 3. The monoisotopic (exact) mass is 1240 g/mol. The molecule has 496 valence electrons. The SMILES string of the molecule is CCCCCCCCCCCCCCCC(=O)OC([C@H](CO)OC(=O)CCCCCCCCCCCCCCC)[C@](N)(CC(CN)O[PH](=O)O)C(=O)N[C@H](CCC(=O)N(CC(C)O[C@H]1[C@H](O)[C@@H](CO)O[C@H](O)[C@@H]1NC(C)=O)[C@@H](C)C(=O)O)C(N)=O. The number of aliphatic carboxylic acids is 1. The topological polar surface area (TPSA) is 409 Å². The molecule has 4 unspecified atom stereocenters. The number of aliphatic hydroxyl groups is 4. The lowest BCUT2D eigenvalue weighted by Crippen LogP contribution is -2.69. The summed E-state index contributed by atoms with van der Waals surface area (Å²) in [6.07, 6.45) is 12.1. The summed E-state index contributed by atoms with van der Waals surface area (Å²) >= 11 is 0. The van der Waals surface area contributed by atoms with Crippen molar-refractivity contribution < 1.29 is 92.0 Å². The fraction of sp³-hybridized carbons (Fsp3) is 0.881. The predicted molar refractivity (Wildman–Crippen MR) is 319 cm³/mol. The second-order valence-corrected chi connectivity index (χ2v) is 23.8. The normalized spacial score (nSPS) is 20.2. The van der Waals surface area contributed by atoms with Gasteiger partial charge in [-0.05, 0) is 33.1 Å². The fourth-order valence-corrected chi connectivity index (χ4v) is 11.0. The first-order valence-corrected chi connectivity index (χ1v) is 32.8. The molecular formula is C59H111N6O19P. The summed E-state index contributed by atoms with van der Waals surface area (Å²) in [7, 11) is -3.78. The fourth-order valence-electron chi connectivity index (χ4n) is 10.6. The second kappa shape index (κ2) is 46.3. The molecule has 0 spiro atoms. The minimum atomic E-state index is -3.78. The highest BCUT2D eigenvalue weighted by molar-refractivity contribution is 7.32. The van der Waals surface area contributed by atoms with Crippen molar-refractivity contribution in [1.82, 2.24) is 15.5 Å². The number of nitrogens with one attached hydrogen (secondary N) is 2. The number of primary amides is 1. The van der Waals surface area contributed by atoms with Gasteiger partial charge in [0.15, 0.2) is 18.5 Å². The van der Waals surface area contributed by atoms with Crippen molar-refractivity contribution in [2.24, 2.45) is 17.2 Å². The third-order valence-corrected chi connectivity index (χ3v) is 16.1. The standard InChI is InChI=1S/C59H111N6O19P/c1-6-8-10-12-14-16-18-20-22-24-26-28-30-32-49(70)81-47(40-67)54(83-50(71)33-31-29-27-25-23-21-19-17-15-13-11-9-7-2)59(62,36-44(37-60)84-85(78)79)58(77)64-45(55(61)73)34-35-48(69)65(42(4)56(74)75)38-41(3)80-53-51(63-43(5)68)57(76)82-46(39-66)52(53)72/h41-42,44-47,51-54,57,66-67,72,76,85H,6-40,60,62H2,1-5H3,(H2,61,73)(H,63,68)(H,64,77)(H,74,75)(H,78,79)/t41?,42-,44?,45+,46+,47-,51+,52+,53+,54?,57-,59+/m0/s1. The van der Waals surface area contributed by atoms with Crippen molar-refractivity contribution in [3.63, 3.8) is 0 Å². The van der Waals surface area contributed by atoms with Gasteiger partial charge in [0.05, 0.1) is 25.4 Å². The van der Waals surface area contributed by atoms with E-state index in [4.69, 9.17) is 40.7 Å². The quantitative estimate of drug-likeness (QED) is 0.0217. The van der Waals surface area contributed by atoms with Gasteiger partial charge in [0.1, 0.15) is 42.0 Å². The first-order chi connectivity index (χ1) is 40.5. The molecule has 0 aliphatic carbocycles. The zero-order chi connectivity index (χ0) is 63.7. The van der Waals surface area contributed by atoms with Crippen LogP contribution in [0, 0.1) is 0 Å². The molecule has 1 fully saturated rings. The number of carbonyl (C=O) groups excluding carboxylic acids is 6. The number of rotatable bonds is 52. The average molecular weight is 1240 g/mol. The lowest BCUT2D eigenvalue weighted by Gasteiger charge is -2.43. The van der Waals surface area contributed by atoms with Crippen LogP contribution in [0.15, 0.2) is 0 Å². The molecule has 1 aliphatic rings. The maximum Gasteiger partial charge on any atom is 0.326 e. The number of amides is 4. The van der Waals surface area contributed by atoms with E-state index in [0.717, 1.165) is 69.6 Å². The van der Waals surface area contributed by atoms with Gasteiger partial charge in [-0.1, -0.05) is 168 Å². The maximum atomic E-state index is 14.9. The van der Waals surface area contributed by atoms with Gasteiger partial charge in [-0.3, -0.25) is 33.3 Å². The highest BCUT2D eigenvalue weighted by Crippen LogP contribution is 2.30. The largest absolute Gasteiger partial charge is 0.480 e. The summed E-state index contributed by atoms with van der Waals surface area (Å²) in [6, 6.07) is -4.71. The van der Waals surface area contributed by atoms with E-state index in [9.17, 15) is 68.6 Å². The maximum absolute atomic E-state index is 14.9. The van der Waals surface area contributed by atoms with E-state index >= 15 is 0 Å². The summed E-state index contributed by atoms with van der Waals surface area (Å²) in [5, 5.41) is 57.1. The number of nitrogens with zero attached hydrogens (tertiary/aromatic N) is 1. The molecule has 0 aromatic carbocycles. The molecule has 13 atom stereocenters. The summed E-state index contributed by atoms with van der Waals surface area (Å²) in [6.45, 7) is 5.27. The molecule has 0 radical (unpaired) electrons. The Hall–Kier alpha value is -3.88.